The van der Waals surface area contributed by atoms with Gasteiger partial charge >= 0.3 is 0 Å². The van der Waals surface area contributed by atoms with Crippen LogP contribution in [0.2, 0.25) is 0 Å². The summed E-state index contributed by atoms with van der Waals surface area (Å²) in [6.45, 7) is 0. The molecule has 0 atom stereocenters. The minimum absolute atomic E-state index is 0.711. The first-order chi connectivity index (χ1) is 24.8. The molecule has 0 aliphatic rings. The zero-order valence-corrected chi connectivity index (χ0v) is 28.2. The number of hydrogen-bond acceptors (Lipinski definition) is 6. The lowest BCUT2D eigenvalue weighted by Gasteiger charge is -2.09. The quantitative estimate of drug-likeness (QED) is 0.182. The number of thiophene rings is 2. The monoisotopic (exact) mass is 674 g/mol. The molecule has 10 aromatic rings. The van der Waals surface area contributed by atoms with Gasteiger partial charge in [-0.15, -0.1) is 22.7 Å². The highest BCUT2D eigenvalue weighted by atomic mass is 32.1. The average Bonchev–Trinajstić information content (AvgIpc) is 3.76. The summed E-state index contributed by atoms with van der Waals surface area (Å²) in [6, 6.07) is 54.8. The smallest absolute Gasteiger partial charge is 0.161 e. The lowest BCUT2D eigenvalue weighted by molar-refractivity contribution is 1.18. The van der Waals surface area contributed by atoms with Gasteiger partial charge in [-0.05, 0) is 24.3 Å². The van der Waals surface area contributed by atoms with Gasteiger partial charge in [0.15, 0.2) is 11.6 Å². The van der Waals surface area contributed by atoms with E-state index in [0.717, 1.165) is 66.3 Å². The van der Waals surface area contributed by atoms with Crippen molar-refractivity contribution in [1.82, 2.24) is 19.9 Å². The first-order valence-electron chi connectivity index (χ1n) is 16.5. The molecular weight excluding hydrogens is 649 g/mol. The molecule has 0 aliphatic heterocycles. The number of benzene rings is 6. The second-order valence-corrected chi connectivity index (χ2v) is 14.3. The van der Waals surface area contributed by atoms with Crippen LogP contribution in [0.3, 0.4) is 0 Å². The molecule has 0 N–H and O–H groups in total. The van der Waals surface area contributed by atoms with Crippen LogP contribution in [0.4, 0.5) is 0 Å². The van der Waals surface area contributed by atoms with Crippen LogP contribution in [-0.2, 0) is 0 Å². The van der Waals surface area contributed by atoms with Crippen LogP contribution < -0.4 is 0 Å². The lowest BCUT2D eigenvalue weighted by Crippen LogP contribution is -1.95. The van der Waals surface area contributed by atoms with Gasteiger partial charge in [-0.25, -0.2) is 19.9 Å². The second kappa shape index (κ2) is 11.8. The van der Waals surface area contributed by atoms with Crippen molar-refractivity contribution in [3.8, 4) is 56.5 Å². The second-order valence-electron chi connectivity index (χ2n) is 12.2. The Morgan fingerprint density at radius 1 is 0.360 bits per heavy atom. The standard InChI is InChI=1S/C44H26N4S2/c1-4-13-27(14-5-1)35-26-36(46-43(45-35)29-17-8-3-9-18-29)30-23-24-31-32-20-12-21-34(41(32)50-38(31)25-30)44-47-39(28-15-6-2-7-16-28)42-40(48-44)33-19-10-11-22-37(33)49-42/h1-26H. The van der Waals surface area contributed by atoms with E-state index in [4.69, 9.17) is 19.9 Å². The zero-order chi connectivity index (χ0) is 33.0. The molecular formula is C44H26N4S2. The van der Waals surface area contributed by atoms with Crippen molar-refractivity contribution in [2.45, 2.75) is 0 Å². The first kappa shape index (κ1) is 28.9. The highest BCUT2D eigenvalue weighted by Gasteiger charge is 2.19. The van der Waals surface area contributed by atoms with E-state index < -0.39 is 0 Å². The minimum Gasteiger partial charge on any atom is -0.228 e. The molecule has 0 saturated carbocycles. The fraction of sp³-hybridized carbons (Fsp3) is 0. The van der Waals surface area contributed by atoms with Gasteiger partial charge < -0.3 is 0 Å². The molecule has 4 heterocycles. The van der Waals surface area contributed by atoms with Crippen molar-refractivity contribution < 1.29 is 0 Å². The van der Waals surface area contributed by atoms with E-state index >= 15 is 0 Å². The highest BCUT2D eigenvalue weighted by Crippen LogP contribution is 2.43. The molecule has 0 amide bonds. The fourth-order valence-corrected chi connectivity index (χ4v) is 9.11. The highest BCUT2D eigenvalue weighted by molar-refractivity contribution is 7.26. The van der Waals surface area contributed by atoms with Crippen LogP contribution in [0.15, 0.2) is 158 Å². The lowest BCUT2D eigenvalue weighted by atomic mass is 10.0. The van der Waals surface area contributed by atoms with E-state index in [1.54, 1.807) is 22.7 Å². The Hall–Kier alpha value is -6.08. The van der Waals surface area contributed by atoms with Gasteiger partial charge in [0.05, 0.1) is 27.3 Å². The van der Waals surface area contributed by atoms with E-state index in [-0.39, 0.29) is 0 Å². The molecule has 0 bridgehead atoms. The van der Waals surface area contributed by atoms with Crippen molar-refractivity contribution in [1.29, 1.82) is 0 Å². The molecule has 0 spiro atoms. The summed E-state index contributed by atoms with van der Waals surface area (Å²) in [7, 11) is 0. The number of hydrogen-bond donors (Lipinski definition) is 0. The Labute approximate surface area is 296 Å². The summed E-state index contributed by atoms with van der Waals surface area (Å²) in [4.78, 5) is 20.6. The maximum absolute atomic E-state index is 5.29. The molecule has 234 valence electrons. The van der Waals surface area contributed by atoms with Crippen molar-refractivity contribution in [2.24, 2.45) is 0 Å². The Kier molecular flexibility index (Phi) is 6.82. The number of aromatic nitrogens is 4. The maximum atomic E-state index is 5.29. The normalized spacial score (nSPS) is 11.6. The van der Waals surface area contributed by atoms with E-state index in [1.165, 1.54) is 24.9 Å². The zero-order valence-electron chi connectivity index (χ0n) is 26.6. The van der Waals surface area contributed by atoms with Gasteiger partial charge in [-0.1, -0.05) is 133 Å². The summed E-state index contributed by atoms with van der Waals surface area (Å²) in [5.41, 5.74) is 9.00. The summed E-state index contributed by atoms with van der Waals surface area (Å²) in [5, 5.41) is 3.57. The predicted molar refractivity (Wildman–Crippen MR) is 211 cm³/mol. The molecule has 0 aliphatic carbocycles. The Bertz CT molecular complexity index is 2800. The van der Waals surface area contributed by atoms with Crippen LogP contribution in [-0.4, -0.2) is 19.9 Å². The van der Waals surface area contributed by atoms with E-state index in [1.807, 2.05) is 42.5 Å². The molecule has 0 saturated heterocycles. The third-order valence-electron chi connectivity index (χ3n) is 9.13. The summed E-state index contributed by atoms with van der Waals surface area (Å²) in [5.74, 6) is 1.46. The molecule has 4 nitrogen and oxygen atoms in total. The Balaban J connectivity index is 1.15. The number of rotatable bonds is 5. The SMILES string of the molecule is c1ccc(-c2cc(-c3ccc4c(c3)sc3c(-c5nc(-c6ccccc6)c6sc7ccccc7c6n5)cccc34)nc(-c3ccccc3)n2)cc1. The maximum Gasteiger partial charge on any atom is 0.161 e. The van der Waals surface area contributed by atoms with E-state index in [0.29, 0.717) is 5.82 Å². The van der Waals surface area contributed by atoms with Gasteiger partial charge in [0.1, 0.15) is 0 Å². The fourth-order valence-electron chi connectivity index (χ4n) is 6.71. The molecule has 10 rings (SSSR count). The molecule has 0 radical (unpaired) electrons. The minimum atomic E-state index is 0.711. The summed E-state index contributed by atoms with van der Waals surface area (Å²) in [6.07, 6.45) is 0. The Morgan fingerprint density at radius 3 is 1.78 bits per heavy atom. The van der Waals surface area contributed by atoms with Crippen LogP contribution >= 0.6 is 22.7 Å². The number of fused-ring (bicyclic) bond motifs is 6. The Morgan fingerprint density at radius 2 is 1.00 bits per heavy atom. The van der Waals surface area contributed by atoms with Gasteiger partial charge in [0.25, 0.3) is 0 Å². The third-order valence-corrected chi connectivity index (χ3v) is 11.5. The van der Waals surface area contributed by atoms with Crippen LogP contribution in [0.25, 0.3) is 97.0 Å². The van der Waals surface area contributed by atoms with Crippen molar-refractivity contribution in [2.75, 3.05) is 0 Å². The topological polar surface area (TPSA) is 51.6 Å². The number of nitrogens with zero attached hydrogens (tertiary/aromatic N) is 4. The molecule has 6 heteroatoms. The van der Waals surface area contributed by atoms with Gasteiger partial charge in [-0.2, -0.15) is 0 Å². The first-order valence-corrected chi connectivity index (χ1v) is 18.1. The van der Waals surface area contributed by atoms with Crippen molar-refractivity contribution in [3.63, 3.8) is 0 Å². The van der Waals surface area contributed by atoms with Crippen LogP contribution in [0.1, 0.15) is 0 Å². The van der Waals surface area contributed by atoms with Gasteiger partial charge in [-0.3, -0.25) is 0 Å². The molecule has 0 unspecified atom stereocenters. The molecule has 0 fully saturated rings. The molecule has 50 heavy (non-hydrogen) atoms. The van der Waals surface area contributed by atoms with E-state index in [2.05, 4.69) is 115 Å². The third kappa shape index (κ3) is 4.88. The largest absolute Gasteiger partial charge is 0.228 e. The molecule has 6 aromatic carbocycles. The average molecular weight is 675 g/mol. The molecule has 4 aromatic heterocycles. The van der Waals surface area contributed by atoms with Gasteiger partial charge in [0.2, 0.25) is 0 Å². The van der Waals surface area contributed by atoms with E-state index in [9.17, 15) is 0 Å². The van der Waals surface area contributed by atoms with Crippen molar-refractivity contribution in [3.05, 3.63) is 158 Å². The van der Waals surface area contributed by atoms with Crippen molar-refractivity contribution >= 4 is 63.1 Å². The predicted octanol–water partition coefficient (Wildman–Crippen LogP) is 12.3. The van der Waals surface area contributed by atoms with Gasteiger partial charge in [0, 0.05) is 58.1 Å². The summed E-state index contributed by atoms with van der Waals surface area (Å²) < 4.78 is 4.70. The van der Waals surface area contributed by atoms with Crippen LogP contribution in [0, 0.1) is 0 Å². The van der Waals surface area contributed by atoms with Crippen LogP contribution in [0.5, 0.6) is 0 Å². The summed E-state index contributed by atoms with van der Waals surface area (Å²) >= 11 is 3.55.